The van der Waals surface area contributed by atoms with Crippen molar-refractivity contribution in [1.29, 1.82) is 0 Å². The van der Waals surface area contributed by atoms with Crippen LogP contribution < -0.4 is 10.6 Å². The number of fused-ring (bicyclic) bond motifs is 1. The maximum Gasteiger partial charge on any atom is 0.341 e. The van der Waals surface area contributed by atoms with Gasteiger partial charge < -0.3 is 15.4 Å². The molecular weight excluding hydrogens is 589 g/mol. The van der Waals surface area contributed by atoms with Crippen molar-refractivity contribution in [2.75, 3.05) is 17.7 Å². The molecule has 0 unspecified atom stereocenters. The first kappa shape index (κ1) is 28.4. The van der Waals surface area contributed by atoms with Gasteiger partial charge in [-0.1, -0.05) is 17.8 Å². The molecule has 5 rings (SSSR count). The molecule has 212 valence electrons. The Balaban J connectivity index is 1.34. The molecule has 1 aromatic carbocycles. The zero-order valence-electron chi connectivity index (χ0n) is 21.7. The number of thiophene rings is 2. The van der Waals surface area contributed by atoms with Crippen molar-refractivity contribution in [3.05, 3.63) is 78.6 Å². The maximum atomic E-state index is 13.0. The van der Waals surface area contributed by atoms with Crippen LogP contribution in [0.15, 0.2) is 46.9 Å². The van der Waals surface area contributed by atoms with Gasteiger partial charge in [0.2, 0.25) is 5.91 Å². The van der Waals surface area contributed by atoms with E-state index in [2.05, 4.69) is 20.8 Å². The molecule has 0 fully saturated rings. The minimum atomic E-state index is -0.497. The van der Waals surface area contributed by atoms with Crippen LogP contribution >= 0.6 is 34.4 Å². The van der Waals surface area contributed by atoms with E-state index in [1.165, 1.54) is 34.8 Å². The number of aryl methyl sites for hydroxylation is 1. The smallest absolute Gasteiger partial charge is 0.341 e. The molecular formula is C26H24N6O6S3. The van der Waals surface area contributed by atoms with Crippen molar-refractivity contribution >= 4 is 62.9 Å². The SMILES string of the molecule is CCOC(=O)c1c(NC(=O)CSc2nnc(CNC(=O)c3cccs3)n2-c2ccc([N+](=O)[O-])cc2)sc2c1CCC2. The molecule has 3 aromatic heterocycles. The Hall–Kier alpha value is -4.08. The van der Waals surface area contributed by atoms with Gasteiger partial charge in [0.05, 0.1) is 34.3 Å². The molecule has 0 bridgehead atoms. The molecule has 4 aromatic rings. The van der Waals surface area contributed by atoms with Gasteiger partial charge in [-0.2, -0.15) is 0 Å². The second-order valence-corrected chi connectivity index (χ2v) is 11.8. The first-order valence-electron chi connectivity index (χ1n) is 12.6. The number of benzene rings is 1. The topological polar surface area (TPSA) is 158 Å². The highest BCUT2D eigenvalue weighted by molar-refractivity contribution is 7.99. The van der Waals surface area contributed by atoms with Gasteiger partial charge in [0.15, 0.2) is 11.0 Å². The largest absolute Gasteiger partial charge is 0.462 e. The number of aromatic nitrogens is 3. The normalized spacial score (nSPS) is 12.1. The number of esters is 1. The molecule has 41 heavy (non-hydrogen) atoms. The van der Waals surface area contributed by atoms with E-state index < -0.39 is 10.9 Å². The third-order valence-corrected chi connectivity index (χ3v) is 9.16. The lowest BCUT2D eigenvalue weighted by Gasteiger charge is -2.11. The number of nitro benzene ring substituents is 1. The summed E-state index contributed by atoms with van der Waals surface area (Å²) in [6.07, 6.45) is 2.60. The predicted molar refractivity (Wildman–Crippen MR) is 155 cm³/mol. The number of amides is 2. The second-order valence-electron chi connectivity index (χ2n) is 8.79. The molecule has 1 aliphatic rings. The lowest BCUT2D eigenvalue weighted by atomic mass is 10.1. The van der Waals surface area contributed by atoms with E-state index in [0.29, 0.717) is 32.1 Å². The lowest BCUT2D eigenvalue weighted by Crippen LogP contribution is -2.24. The number of nitrogens with zero attached hydrogens (tertiary/aromatic N) is 4. The van der Waals surface area contributed by atoms with E-state index in [9.17, 15) is 24.5 Å². The van der Waals surface area contributed by atoms with Crippen molar-refractivity contribution in [2.24, 2.45) is 0 Å². The molecule has 2 amide bonds. The highest BCUT2D eigenvalue weighted by atomic mass is 32.2. The summed E-state index contributed by atoms with van der Waals surface area (Å²) in [5.41, 5.74) is 1.83. The highest BCUT2D eigenvalue weighted by Gasteiger charge is 2.28. The van der Waals surface area contributed by atoms with Crippen molar-refractivity contribution in [2.45, 2.75) is 37.9 Å². The van der Waals surface area contributed by atoms with Crippen LogP contribution in [0.4, 0.5) is 10.7 Å². The van der Waals surface area contributed by atoms with Crippen LogP contribution in [0, 0.1) is 10.1 Å². The van der Waals surface area contributed by atoms with Crippen LogP contribution in [0.5, 0.6) is 0 Å². The minimum Gasteiger partial charge on any atom is -0.462 e. The minimum absolute atomic E-state index is 0.0388. The van der Waals surface area contributed by atoms with Crippen LogP contribution in [-0.4, -0.2) is 49.8 Å². The number of non-ortho nitro benzene ring substituents is 1. The van der Waals surface area contributed by atoms with Gasteiger partial charge in [-0.15, -0.1) is 32.9 Å². The summed E-state index contributed by atoms with van der Waals surface area (Å²) in [5, 5.41) is 27.9. The number of thioether (sulfide) groups is 1. The maximum absolute atomic E-state index is 13.0. The fourth-order valence-corrected chi connectivity index (χ4v) is 7.05. The summed E-state index contributed by atoms with van der Waals surface area (Å²) in [4.78, 5) is 50.4. The number of anilines is 1. The summed E-state index contributed by atoms with van der Waals surface area (Å²) in [5.74, 6) is -0.719. The van der Waals surface area contributed by atoms with Crippen molar-refractivity contribution in [1.82, 2.24) is 20.1 Å². The third kappa shape index (κ3) is 6.31. The number of hydrogen-bond donors (Lipinski definition) is 2. The number of hydrogen-bond acceptors (Lipinski definition) is 11. The molecule has 12 nitrogen and oxygen atoms in total. The first-order chi connectivity index (χ1) is 19.9. The summed E-state index contributed by atoms with van der Waals surface area (Å²) >= 11 is 3.81. The van der Waals surface area contributed by atoms with Crippen LogP contribution in [0.3, 0.4) is 0 Å². The second kappa shape index (κ2) is 12.6. The van der Waals surface area contributed by atoms with Gasteiger partial charge in [0, 0.05) is 22.7 Å². The standard InChI is InChI=1S/C26H24N6O6S3/c1-2-38-25(35)22-17-5-3-6-18(17)41-24(22)28-21(33)14-40-26-30-29-20(13-27-23(34)19-7-4-12-39-19)31(26)15-8-10-16(11-9-15)32(36)37/h4,7-12H,2-3,5-6,13-14H2,1H3,(H,27,34)(H,28,33). The van der Waals surface area contributed by atoms with Gasteiger partial charge in [0.25, 0.3) is 11.6 Å². The number of ether oxygens (including phenoxy) is 1. The number of nitro groups is 1. The first-order valence-corrected chi connectivity index (χ1v) is 15.3. The van der Waals surface area contributed by atoms with Crippen molar-refractivity contribution in [3.8, 4) is 5.69 Å². The molecule has 0 radical (unpaired) electrons. The molecule has 0 atom stereocenters. The van der Waals surface area contributed by atoms with E-state index >= 15 is 0 Å². The number of carbonyl (C=O) groups excluding carboxylic acids is 3. The molecule has 3 heterocycles. The average molecular weight is 613 g/mol. The number of nitrogens with one attached hydrogen (secondary N) is 2. The average Bonchev–Trinajstić information content (AvgIpc) is 3.75. The van der Waals surface area contributed by atoms with Crippen LogP contribution in [-0.2, 0) is 28.9 Å². The number of rotatable bonds is 11. The predicted octanol–water partition coefficient (Wildman–Crippen LogP) is 4.62. The van der Waals surface area contributed by atoms with Crippen LogP contribution in [0.2, 0.25) is 0 Å². The van der Waals surface area contributed by atoms with E-state index in [0.717, 1.165) is 41.5 Å². The van der Waals surface area contributed by atoms with Crippen LogP contribution in [0.1, 0.15) is 49.6 Å². The quantitative estimate of drug-likeness (QED) is 0.107. The van der Waals surface area contributed by atoms with E-state index in [-0.39, 0.29) is 36.4 Å². The molecule has 0 spiro atoms. The van der Waals surface area contributed by atoms with Crippen LogP contribution in [0.25, 0.3) is 5.69 Å². The fourth-order valence-electron chi connectivity index (χ4n) is 4.35. The third-order valence-electron chi connectivity index (χ3n) is 6.16. The Morgan fingerprint density at radius 3 is 2.68 bits per heavy atom. The Morgan fingerprint density at radius 1 is 1.17 bits per heavy atom. The molecule has 2 N–H and O–H groups in total. The summed E-state index contributed by atoms with van der Waals surface area (Å²) < 4.78 is 6.87. The summed E-state index contributed by atoms with van der Waals surface area (Å²) in [7, 11) is 0. The molecule has 0 aliphatic heterocycles. The Kier molecular flexibility index (Phi) is 8.75. The van der Waals surface area contributed by atoms with E-state index in [4.69, 9.17) is 4.74 Å². The number of carbonyl (C=O) groups is 3. The molecule has 15 heteroatoms. The van der Waals surface area contributed by atoms with Crippen molar-refractivity contribution < 1.29 is 24.0 Å². The Bertz CT molecular complexity index is 1600. The summed E-state index contributed by atoms with van der Waals surface area (Å²) in [6, 6.07) is 9.30. The van der Waals surface area contributed by atoms with E-state index in [1.54, 1.807) is 41.1 Å². The Morgan fingerprint density at radius 2 is 1.98 bits per heavy atom. The van der Waals surface area contributed by atoms with Gasteiger partial charge in [-0.05, 0) is 55.3 Å². The summed E-state index contributed by atoms with van der Waals surface area (Å²) in [6.45, 7) is 2.01. The zero-order chi connectivity index (χ0) is 28.9. The molecule has 0 saturated carbocycles. The zero-order valence-corrected chi connectivity index (χ0v) is 24.2. The fraction of sp³-hybridized carbons (Fsp3) is 0.269. The van der Waals surface area contributed by atoms with Gasteiger partial charge >= 0.3 is 5.97 Å². The van der Waals surface area contributed by atoms with Gasteiger partial charge in [-0.25, -0.2) is 4.79 Å². The highest BCUT2D eigenvalue weighted by Crippen LogP contribution is 2.39. The molecule has 1 aliphatic carbocycles. The van der Waals surface area contributed by atoms with E-state index in [1.807, 2.05) is 0 Å². The van der Waals surface area contributed by atoms with Gasteiger partial charge in [0.1, 0.15) is 5.00 Å². The molecule has 0 saturated heterocycles. The Labute approximate surface area is 246 Å². The monoisotopic (exact) mass is 612 g/mol. The van der Waals surface area contributed by atoms with Gasteiger partial charge in [-0.3, -0.25) is 24.3 Å². The van der Waals surface area contributed by atoms with Crippen molar-refractivity contribution in [3.63, 3.8) is 0 Å². The lowest BCUT2D eigenvalue weighted by molar-refractivity contribution is -0.384.